The molecule has 27 heavy (non-hydrogen) atoms. The van der Waals surface area contributed by atoms with Gasteiger partial charge in [-0.2, -0.15) is 0 Å². The van der Waals surface area contributed by atoms with E-state index in [0.717, 1.165) is 4.90 Å². The van der Waals surface area contributed by atoms with E-state index in [1.807, 2.05) is 0 Å². The Kier molecular flexibility index (Phi) is 5.23. The van der Waals surface area contributed by atoms with Crippen LogP contribution < -0.4 is 15.5 Å². The monoisotopic (exact) mass is 385 g/mol. The third-order valence-electron chi connectivity index (χ3n) is 4.12. The third-order valence-corrected chi connectivity index (χ3v) is 4.37. The van der Waals surface area contributed by atoms with E-state index >= 15 is 0 Å². The molecule has 138 valence electrons. The first-order chi connectivity index (χ1) is 12.9. The van der Waals surface area contributed by atoms with Crippen LogP contribution in [0, 0.1) is 5.92 Å². The molecule has 1 fully saturated rings. The predicted molar refractivity (Wildman–Crippen MR) is 101 cm³/mol. The zero-order valence-electron chi connectivity index (χ0n) is 14.4. The van der Waals surface area contributed by atoms with Gasteiger partial charge in [0.25, 0.3) is 0 Å². The fourth-order valence-corrected chi connectivity index (χ4v) is 2.82. The first-order valence-electron chi connectivity index (χ1n) is 8.16. The molecule has 2 N–H and O–H groups in total. The summed E-state index contributed by atoms with van der Waals surface area (Å²) in [7, 11) is 0. The third kappa shape index (κ3) is 3.98. The van der Waals surface area contributed by atoms with Gasteiger partial charge in [0.15, 0.2) is 5.78 Å². The normalized spacial score (nSPS) is 16.7. The number of nitrogens with one attached hydrogen (secondary N) is 2. The van der Waals surface area contributed by atoms with Crippen LogP contribution >= 0.6 is 11.6 Å². The first kappa shape index (κ1) is 18.6. The van der Waals surface area contributed by atoms with E-state index in [4.69, 9.17) is 11.6 Å². The number of Topliss-reactive ketones (excluding diaryl/α,β-unsaturated/α-hetero) is 1. The van der Waals surface area contributed by atoms with Crippen LogP contribution in [0.15, 0.2) is 48.5 Å². The highest BCUT2D eigenvalue weighted by molar-refractivity contribution is 6.30. The molecule has 3 rings (SSSR count). The highest BCUT2D eigenvalue weighted by Crippen LogP contribution is 2.23. The number of ketones is 1. The number of hydrogen-bond donors (Lipinski definition) is 2. The molecule has 1 heterocycles. The van der Waals surface area contributed by atoms with E-state index in [0.29, 0.717) is 22.0 Å². The highest BCUT2D eigenvalue weighted by atomic mass is 35.5. The minimum absolute atomic E-state index is 0.111. The quantitative estimate of drug-likeness (QED) is 0.624. The molecule has 1 unspecified atom stereocenters. The van der Waals surface area contributed by atoms with Gasteiger partial charge in [0.1, 0.15) is 5.92 Å². The van der Waals surface area contributed by atoms with Crippen LogP contribution in [-0.2, 0) is 9.59 Å². The largest absolute Gasteiger partial charge is 0.336 e. The molecule has 0 bridgehead atoms. The van der Waals surface area contributed by atoms with Crippen LogP contribution in [0.4, 0.5) is 16.2 Å². The van der Waals surface area contributed by atoms with Gasteiger partial charge in [0, 0.05) is 22.8 Å². The number of halogens is 1. The Morgan fingerprint density at radius 3 is 2.52 bits per heavy atom. The second kappa shape index (κ2) is 7.59. The minimum Gasteiger partial charge on any atom is -0.336 e. The van der Waals surface area contributed by atoms with Crippen molar-refractivity contribution in [2.45, 2.75) is 6.92 Å². The number of imide groups is 1. The van der Waals surface area contributed by atoms with Crippen LogP contribution in [0.2, 0.25) is 5.02 Å². The van der Waals surface area contributed by atoms with Gasteiger partial charge in [-0.25, -0.2) is 9.69 Å². The fourth-order valence-electron chi connectivity index (χ4n) is 2.70. The zero-order valence-corrected chi connectivity index (χ0v) is 15.1. The molecule has 0 spiro atoms. The number of benzene rings is 2. The van der Waals surface area contributed by atoms with Gasteiger partial charge in [-0.3, -0.25) is 14.4 Å². The Bertz CT molecular complexity index is 927. The maximum atomic E-state index is 12.7. The number of carbonyl (C=O) groups excluding carboxylic acids is 4. The standard InChI is InChI=1S/C19H16ClN3O4/c1-11(24)12-3-2-4-14(9-12)22-17(25)16-10-21-19(27)23(18(16)26)15-7-5-13(20)6-8-15/h2-9,16H,10H2,1H3,(H,21,27)(H,22,25). The average Bonchev–Trinajstić information content (AvgIpc) is 2.63. The molecule has 1 atom stereocenters. The van der Waals surface area contributed by atoms with E-state index in [2.05, 4.69) is 10.6 Å². The van der Waals surface area contributed by atoms with E-state index in [-0.39, 0.29) is 12.3 Å². The Balaban J connectivity index is 1.80. The second-order valence-electron chi connectivity index (χ2n) is 6.01. The molecule has 4 amide bonds. The van der Waals surface area contributed by atoms with Crippen LogP contribution in [0.3, 0.4) is 0 Å². The zero-order chi connectivity index (χ0) is 19.6. The lowest BCUT2D eigenvalue weighted by molar-refractivity contribution is -0.130. The van der Waals surface area contributed by atoms with Crippen LogP contribution in [0.1, 0.15) is 17.3 Å². The summed E-state index contributed by atoms with van der Waals surface area (Å²) >= 11 is 5.84. The topological polar surface area (TPSA) is 95.6 Å². The second-order valence-corrected chi connectivity index (χ2v) is 6.45. The van der Waals surface area contributed by atoms with E-state index in [1.54, 1.807) is 30.3 Å². The maximum Gasteiger partial charge on any atom is 0.328 e. The van der Waals surface area contributed by atoms with Crippen molar-refractivity contribution < 1.29 is 19.2 Å². The van der Waals surface area contributed by atoms with Crippen molar-refractivity contribution in [1.29, 1.82) is 0 Å². The smallest absolute Gasteiger partial charge is 0.328 e. The van der Waals surface area contributed by atoms with Crippen LogP contribution in [0.5, 0.6) is 0 Å². The van der Waals surface area contributed by atoms with Gasteiger partial charge >= 0.3 is 6.03 Å². The number of urea groups is 1. The SMILES string of the molecule is CC(=O)c1cccc(NC(=O)C2CNC(=O)N(c3ccc(Cl)cc3)C2=O)c1. The maximum absolute atomic E-state index is 12.7. The number of nitrogens with zero attached hydrogens (tertiary/aromatic N) is 1. The Morgan fingerprint density at radius 2 is 1.85 bits per heavy atom. The number of anilines is 2. The summed E-state index contributed by atoms with van der Waals surface area (Å²) in [6.45, 7) is 1.31. The van der Waals surface area contributed by atoms with Crippen molar-refractivity contribution in [2.75, 3.05) is 16.8 Å². The molecular formula is C19H16ClN3O4. The van der Waals surface area contributed by atoms with E-state index in [1.165, 1.54) is 25.1 Å². The van der Waals surface area contributed by atoms with Crippen molar-refractivity contribution in [3.8, 4) is 0 Å². The molecule has 7 nitrogen and oxygen atoms in total. The lowest BCUT2D eigenvalue weighted by atomic mass is 10.0. The molecule has 2 aromatic carbocycles. The van der Waals surface area contributed by atoms with Crippen molar-refractivity contribution in [3.63, 3.8) is 0 Å². The van der Waals surface area contributed by atoms with E-state index < -0.39 is 23.8 Å². The molecule has 1 saturated heterocycles. The highest BCUT2D eigenvalue weighted by Gasteiger charge is 2.39. The molecule has 0 aliphatic carbocycles. The molecular weight excluding hydrogens is 370 g/mol. The van der Waals surface area contributed by atoms with Gasteiger partial charge in [0.05, 0.1) is 5.69 Å². The molecule has 2 aromatic rings. The number of rotatable bonds is 4. The predicted octanol–water partition coefficient (Wildman–Crippen LogP) is 2.85. The minimum atomic E-state index is -1.10. The molecule has 0 saturated carbocycles. The molecule has 1 aliphatic heterocycles. The van der Waals surface area contributed by atoms with Gasteiger partial charge in [-0.05, 0) is 43.3 Å². The van der Waals surface area contributed by atoms with Crippen LogP contribution in [0.25, 0.3) is 0 Å². The summed E-state index contributed by atoms with van der Waals surface area (Å²) in [5.74, 6) is -2.44. The van der Waals surface area contributed by atoms with Crippen molar-refractivity contribution in [3.05, 3.63) is 59.1 Å². The van der Waals surface area contributed by atoms with Crippen molar-refractivity contribution in [2.24, 2.45) is 5.92 Å². The molecule has 8 heteroatoms. The van der Waals surface area contributed by atoms with E-state index in [9.17, 15) is 19.2 Å². The van der Waals surface area contributed by atoms with Crippen molar-refractivity contribution >= 4 is 46.6 Å². The Hall–Kier alpha value is -3.19. The van der Waals surface area contributed by atoms with Crippen LogP contribution in [-0.4, -0.2) is 30.2 Å². The fraction of sp³-hybridized carbons (Fsp3) is 0.158. The summed E-state index contributed by atoms with van der Waals surface area (Å²) < 4.78 is 0. The first-order valence-corrected chi connectivity index (χ1v) is 8.54. The lowest BCUT2D eigenvalue weighted by Crippen LogP contribution is -2.58. The Labute approximate surface area is 160 Å². The van der Waals surface area contributed by atoms with Crippen molar-refractivity contribution in [1.82, 2.24) is 5.32 Å². The lowest BCUT2D eigenvalue weighted by Gasteiger charge is -2.30. The summed E-state index contributed by atoms with van der Waals surface area (Å²) in [4.78, 5) is 49.8. The number of carbonyl (C=O) groups is 4. The summed E-state index contributed by atoms with van der Waals surface area (Å²) in [6, 6.07) is 12.0. The Morgan fingerprint density at radius 1 is 1.15 bits per heavy atom. The number of hydrogen-bond acceptors (Lipinski definition) is 4. The number of amides is 4. The van der Waals surface area contributed by atoms with Gasteiger partial charge in [-0.1, -0.05) is 23.7 Å². The molecule has 0 radical (unpaired) electrons. The average molecular weight is 386 g/mol. The molecule has 0 aromatic heterocycles. The summed E-state index contributed by atoms with van der Waals surface area (Å²) in [5, 5.41) is 5.62. The molecule has 1 aliphatic rings. The summed E-state index contributed by atoms with van der Waals surface area (Å²) in [6.07, 6.45) is 0. The van der Waals surface area contributed by atoms with Gasteiger partial charge in [-0.15, -0.1) is 0 Å². The summed E-state index contributed by atoms with van der Waals surface area (Å²) in [5.41, 5.74) is 1.16. The van der Waals surface area contributed by atoms with Gasteiger partial charge < -0.3 is 10.6 Å². The van der Waals surface area contributed by atoms with Gasteiger partial charge in [0.2, 0.25) is 11.8 Å².